The molecule has 0 aliphatic carbocycles. The van der Waals surface area contributed by atoms with Crippen molar-refractivity contribution in [3.63, 3.8) is 0 Å². The molecule has 0 aliphatic rings. The number of benzene rings is 1. The van der Waals surface area contributed by atoms with E-state index in [2.05, 4.69) is 21.2 Å². The molecule has 1 aromatic rings. The molecule has 0 spiro atoms. The van der Waals surface area contributed by atoms with E-state index in [1.54, 1.807) is 20.8 Å². The van der Waals surface area contributed by atoms with E-state index in [-0.39, 0.29) is 23.9 Å². The third-order valence-corrected chi connectivity index (χ3v) is 3.04. The second-order valence-corrected chi connectivity index (χ2v) is 5.36. The van der Waals surface area contributed by atoms with Crippen molar-refractivity contribution in [2.75, 3.05) is 11.9 Å². The molecular formula is C15H18BrNO3. The van der Waals surface area contributed by atoms with Crippen LogP contribution in [0.2, 0.25) is 0 Å². The fourth-order valence-electron chi connectivity index (χ4n) is 1.45. The van der Waals surface area contributed by atoms with Crippen LogP contribution in [0.25, 0.3) is 0 Å². The Labute approximate surface area is 127 Å². The molecule has 0 atom stereocenters. The maximum absolute atomic E-state index is 12.0. The number of anilines is 1. The molecular weight excluding hydrogens is 322 g/mol. The zero-order valence-corrected chi connectivity index (χ0v) is 13.4. The van der Waals surface area contributed by atoms with E-state index < -0.39 is 5.97 Å². The SMILES string of the molecule is CCOC(=O)/C(=C\Nc1ccc(Br)cc1)C(=O)C(C)C. The van der Waals surface area contributed by atoms with Gasteiger partial charge in [-0.2, -0.15) is 0 Å². The van der Waals surface area contributed by atoms with E-state index in [9.17, 15) is 9.59 Å². The topological polar surface area (TPSA) is 55.4 Å². The molecule has 0 saturated carbocycles. The highest BCUT2D eigenvalue weighted by molar-refractivity contribution is 9.10. The van der Waals surface area contributed by atoms with Crippen molar-refractivity contribution >= 4 is 33.4 Å². The van der Waals surface area contributed by atoms with E-state index in [0.29, 0.717) is 0 Å². The number of halogens is 1. The lowest BCUT2D eigenvalue weighted by atomic mass is 10.0. The highest BCUT2D eigenvalue weighted by atomic mass is 79.9. The maximum atomic E-state index is 12.0. The highest BCUT2D eigenvalue weighted by Crippen LogP contribution is 2.15. The lowest BCUT2D eigenvalue weighted by molar-refractivity contribution is -0.140. The number of ketones is 1. The molecule has 0 unspecified atom stereocenters. The number of hydrogen-bond donors (Lipinski definition) is 1. The number of rotatable bonds is 6. The zero-order valence-electron chi connectivity index (χ0n) is 11.8. The Balaban J connectivity index is 2.92. The van der Waals surface area contributed by atoms with Crippen LogP contribution in [0.1, 0.15) is 20.8 Å². The molecule has 1 rings (SSSR count). The molecule has 0 aromatic heterocycles. The average molecular weight is 340 g/mol. The van der Waals surface area contributed by atoms with Crippen LogP contribution in [0.5, 0.6) is 0 Å². The van der Waals surface area contributed by atoms with Gasteiger partial charge in [-0.05, 0) is 31.2 Å². The first-order valence-electron chi connectivity index (χ1n) is 6.39. The molecule has 1 aromatic carbocycles. The molecule has 0 saturated heterocycles. The summed E-state index contributed by atoms with van der Waals surface area (Å²) in [4.78, 5) is 23.8. The van der Waals surface area contributed by atoms with Gasteiger partial charge in [0.15, 0.2) is 5.78 Å². The summed E-state index contributed by atoms with van der Waals surface area (Å²) in [6.07, 6.45) is 1.41. The fraction of sp³-hybridized carbons (Fsp3) is 0.333. The summed E-state index contributed by atoms with van der Waals surface area (Å²) in [5, 5.41) is 2.94. The number of ether oxygens (including phenoxy) is 1. The lowest BCUT2D eigenvalue weighted by Gasteiger charge is -2.09. The van der Waals surface area contributed by atoms with Crippen molar-refractivity contribution in [1.82, 2.24) is 0 Å². The van der Waals surface area contributed by atoms with E-state index in [1.807, 2.05) is 24.3 Å². The second-order valence-electron chi connectivity index (χ2n) is 4.45. The highest BCUT2D eigenvalue weighted by Gasteiger charge is 2.21. The summed E-state index contributed by atoms with van der Waals surface area (Å²) in [7, 11) is 0. The third-order valence-electron chi connectivity index (χ3n) is 2.51. The van der Waals surface area contributed by atoms with Gasteiger partial charge in [0, 0.05) is 22.3 Å². The Morgan fingerprint density at radius 3 is 2.40 bits per heavy atom. The predicted octanol–water partition coefficient (Wildman–Crippen LogP) is 3.53. The zero-order chi connectivity index (χ0) is 15.1. The van der Waals surface area contributed by atoms with E-state index in [4.69, 9.17) is 4.74 Å². The fourth-order valence-corrected chi connectivity index (χ4v) is 1.72. The summed E-state index contributed by atoms with van der Waals surface area (Å²) >= 11 is 3.34. The van der Waals surface area contributed by atoms with E-state index in [1.165, 1.54) is 6.20 Å². The molecule has 0 aliphatic heterocycles. The van der Waals surface area contributed by atoms with Crippen LogP contribution in [0.15, 0.2) is 40.5 Å². The number of carbonyl (C=O) groups is 2. The number of esters is 1. The monoisotopic (exact) mass is 339 g/mol. The molecule has 20 heavy (non-hydrogen) atoms. The van der Waals surface area contributed by atoms with Crippen LogP contribution >= 0.6 is 15.9 Å². The molecule has 1 N–H and O–H groups in total. The molecule has 0 bridgehead atoms. The normalized spacial score (nSPS) is 11.3. The van der Waals surface area contributed by atoms with E-state index >= 15 is 0 Å². The van der Waals surface area contributed by atoms with Gasteiger partial charge in [-0.1, -0.05) is 29.8 Å². The Bertz CT molecular complexity index is 506. The van der Waals surface area contributed by atoms with Gasteiger partial charge in [-0.25, -0.2) is 4.79 Å². The molecule has 5 heteroatoms. The standard InChI is InChI=1S/C15H18BrNO3/c1-4-20-15(19)13(14(18)10(2)3)9-17-12-7-5-11(16)6-8-12/h5-10,17H,4H2,1-3H3/b13-9-. The van der Waals surface area contributed by atoms with Crippen molar-refractivity contribution in [1.29, 1.82) is 0 Å². The van der Waals surface area contributed by atoms with Gasteiger partial charge < -0.3 is 10.1 Å². The largest absolute Gasteiger partial charge is 0.462 e. The smallest absolute Gasteiger partial charge is 0.343 e. The van der Waals surface area contributed by atoms with Crippen molar-refractivity contribution in [2.24, 2.45) is 5.92 Å². The van der Waals surface area contributed by atoms with Gasteiger partial charge in [0.05, 0.1) is 6.61 Å². The van der Waals surface area contributed by atoms with Gasteiger partial charge >= 0.3 is 5.97 Å². The average Bonchev–Trinajstić information content (AvgIpc) is 2.41. The van der Waals surface area contributed by atoms with Crippen LogP contribution in [0.3, 0.4) is 0 Å². The van der Waals surface area contributed by atoms with Crippen LogP contribution in [0.4, 0.5) is 5.69 Å². The number of carbonyl (C=O) groups excluding carboxylic acids is 2. The summed E-state index contributed by atoms with van der Waals surface area (Å²) in [5.41, 5.74) is 0.816. The number of hydrogen-bond acceptors (Lipinski definition) is 4. The molecule has 0 heterocycles. The molecule has 0 amide bonds. The first kappa shape index (κ1) is 16.4. The summed E-state index contributed by atoms with van der Waals surface area (Å²) in [5.74, 6) is -1.11. The lowest BCUT2D eigenvalue weighted by Crippen LogP contribution is -2.21. The first-order chi connectivity index (χ1) is 9.45. The predicted molar refractivity (Wildman–Crippen MR) is 82.3 cm³/mol. The Hall–Kier alpha value is -1.62. The van der Waals surface area contributed by atoms with Gasteiger partial charge in [0.25, 0.3) is 0 Å². The Morgan fingerprint density at radius 2 is 1.90 bits per heavy atom. The minimum atomic E-state index is -0.601. The minimum Gasteiger partial charge on any atom is -0.462 e. The Morgan fingerprint density at radius 1 is 1.30 bits per heavy atom. The number of Topliss-reactive ketones (excluding diaryl/α,β-unsaturated/α-hetero) is 1. The van der Waals surface area contributed by atoms with Gasteiger partial charge in [0.2, 0.25) is 0 Å². The van der Waals surface area contributed by atoms with Crippen LogP contribution in [-0.4, -0.2) is 18.4 Å². The van der Waals surface area contributed by atoms with Gasteiger partial charge in [-0.15, -0.1) is 0 Å². The maximum Gasteiger partial charge on any atom is 0.343 e. The van der Waals surface area contributed by atoms with Crippen molar-refractivity contribution < 1.29 is 14.3 Å². The number of nitrogens with one attached hydrogen (secondary N) is 1. The van der Waals surface area contributed by atoms with Crippen LogP contribution in [0, 0.1) is 5.92 Å². The van der Waals surface area contributed by atoms with Crippen molar-refractivity contribution in [2.45, 2.75) is 20.8 Å². The summed E-state index contributed by atoms with van der Waals surface area (Å²) < 4.78 is 5.86. The summed E-state index contributed by atoms with van der Waals surface area (Å²) in [6, 6.07) is 7.40. The minimum absolute atomic E-state index is 0.0322. The van der Waals surface area contributed by atoms with Crippen molar-refractivity contribution in [3.8, 4) is 0 Å². The van der Waals surface area contributed by atoms with Crippen molar-refractivity contribution in [3.05, 3.63) is 40.5 Å². The Kier molecular flexibility index (Phi) is 6.45. The molecule has 4 nitrogen and oxygen atoms in total. The van der Waals surface area contributed by atoms with Gasteiger partial charge in [0.1, 0.15) is 5.57 Å². The summed E-state index contributed by atoms with van der Waals surface area (Å²) in [6.45, 7) is 5.43. The molecule has 0 fully saturated rings. The van der Waals surface area contributed by atoms with Crippen LogP contribution < -0.4 is 5.32 Å². The van der Waals surface area contributed by atoms with Gasteiger partial charge in [-0.3, -0.25) is 4.79 Å². The first-order valence-corrected chi connectivity index (χ1v) is 7.18. The van der Waals surface area contributed by atoms with E-state index in [0.717, 1.165) is 10.2 Å². The van der Waals surface area contributed by atoms with Crippen LogP contribution in [-0.2, 0) is 14.3 Å². The third kappa shape index (κ3) is 4.81. The second kappa shape index (κ2) is 7.85. The molecule has 108 valence electrons. The molecule has 0 radical (unpaired) electrons. The quantitative estimate of drug-likeness (QED) is 0.373.